The molecule has 1 aliphatic heterocycles. The molecule has 1 N–H and O–H groups in total. The van der Waals surface area contributed by atoms with Crippen molar-refractivity contribution < 1.29 is 8.42 Å². The molecule has 1 fully saturated rings. The van der Waals surface area contributed by atoms with Gasteiger partial charge in [0.15, 0.2) is 9.84 Å². The van der Waals surface area contributed by atoms with Gasteiger partial charge in [0.25, 0.3) is 0 Å². The van der Waals surface area contributed by atoms with E-state index in [0.717, 1.165) is 38.2 Å². The average Bonchev–Trinajstić information content (AvgIpc) is 2.97. The quantitative estimate of drug-likeness (QED) is 0.933. The first-order valence-corrected chi connectivity index (χ1v) is 9.84. The second kappa shape index (κ2) is 6.45. The van der Waals surface area contributed by atoms with Crippen LogP contribution in [0, 0.1) is 6.92 Å². The monoisotopic (exact) mass is 333 g/mol. The molecule has 3 rings (SSSR count). The highest BCUT2D eigenvalue weighted by Crippen LogP contribution is 2.30. The van der Waals surface area contributed by atoms with Gasteiger partial charge in [-0.25, -0.2) is 8.42 Å². The lowest BCUT2D eigenvalue weighted by molar-refractivity contribution is 0.197. The van der Waals surface area contributed by atoms with Crippen molar-refractivity contribution in [2.75, 3.05) is 19.3 Å². The van der Waals surface area contributed by atoms with Gasteiger partial charge in [-0.1, -0.05) is 29.8 Å². The maximum absolute atomic E-state index is 11.9. The van der Waals surface area contributed by atoms with Gasteiger partial charge >= 0.3 is 0 Å². The van der Waals surface area contributed by atoms with Gasteiger partial charge in [-0.3, -0.25) is 10.00 Å². The van der Waals surface area contributed by atoms with Crippen LogP contribution in [-0.4, -0.2) is 42.9 Å². The smallest absolute Gasteiger partial charge is 0.178 e. The van der Waals surface area contributed by atoms with E-state index < -0.39 is 9.84 Å². The summed E-state index contributed by atoms with van der Waals surface area (Å²) in [6.07, 6.45) is 4.74. The maximum atomic E-state index is 11.9. The predicted molar refractivity (Wildman–Crippen MR) is 90.1 cm³/mol. The van der Waals surface area contributed by atoms with Crippen LogP contribution in [0.5, 0.6) is 0 Å². The minimum absolute atomic E-state index is 0.195. The van der Waals surface area contributed by atoms with Crippen LogP contribution in [0.1, 0.15) is 35.6 Å². The third-order valence-corrected chi connectivity index (χ3v) is 5.56. The number of piperidine rings is 1. The van der Waals surface area contributed by atoms with Crippen LogP contribution in [0.4, 0.5) is 0 Å². The van der Waals surface area contributed by atoms with Crippen LogP contribution in [0.3, 0.4) is 0 Å². The summed E-state index contributed by atoms with van der Waals surface area (Å²) in [6, 6.07) is 8.55. The van der Waals surface area contributed by atoms with Crippen LogP contribution in [0.25, 0.3) is 0 Å². The van der Waals surface area contributed by atoms with Crippen LogP contribution in [0.2, 0.25) is 0 Å². The topological polar surface area (TPSA) is 66.1 Å². The van der Waals surface area contributed by atoms with E-state index in [1.165, 1.54) is 23.6 Å². The summed E-state index contributed by atoms with van der Waals surface area (Å²) in [7, 11) is -3.23. The van der Waals surface area contributed by atoms with Crippen molar-refractivity contribution in [2.45, 2.75) is 37.1 Å². The van der Waals surface area contributed by atoms with E-state index >= 15 is 0 Å². The van der Waals surface area contributed by atoms with Crippen LogP contribution >= 0.6 is 0 Å². The Kier molecular flexibility index (Phi) is 4.55. The molecular formula is C17H23N3O2S. The summed E-state index contributed by atoms with van der Waals surface area (Å²) in [6.45, 7) is 4.91. The van der Waals surface area contributed by atoms with Gasteiger partial charge < -0.3 is 0 Å². The number of nitrogens with one attached hydrogen (secondary N) is 1. The van der Waals surface area contributed by atoms with E-state index in [2.05, 4.69) is 46.3 Å². The van der Waals surface area contributed by atoms with Crippen LogP contribution in [-0.2, 0) is 16.4 Å². The van der Waals surface area contributed by atoms with E-state index in [9.17, 15) is 8.42 Å². The fraction of sp³-hybridized carbons (Fsp3) is 0.471. The number of nitrogens with zero attached hydrogens (tertiary/aromatic N) is 2. The SMILES string of the molecule is Cc1cccc(CN2CCCC(c3[nH]ncc3S(C)(=O)=O)C2)c1. The van der Waals surface area contributed by atoms with Crippen molar-refractivity contribution in [3.63, 3.8) is 0 Å². The number of aromatic nitrogens is 2. The molecule has 0 amide bonds. The zero-order chi connectivity index (χ0) is 16.4. The van der Waals surface area contributed by atoms with Crippen molar-refractivity contribution in [1.29, 1.82) is 0 Å². The molecule has 0 spiro atoms. The lowest BCUT2D eigenvalue weighted by atomic mass is 9.94. The highest BCUT2D eigenvalue weighted by molar-refractivity contribution is 7.90. The molecule has 1 aliphatic rings. The van der Waals surface area contributed by atoms with E-state index in [0.29, 0.717) is 4.90 Å². The molecule has 0 aliphatic carbocycles. The van der Waals surface area contributed by atoms with E-state index in [4.69, 9.17) is 0 Å². The number of hydrogen-bond acceptors (Lipinski definition) is 4. The zero-order valence-corrected chi connectivity index (χ0v) is 14.4. The molecular weight excluding hydrogens is 310 g/mol. The first-order valence-electron chi connectivity index (χ1n) is 7.94. The van der Waals surface area contributed by atoms with Crippen molar-refractivity contribution in [2.24, 2.45) is 0 Å². The first kappa shape index (κ1) is 16.2. The Balaban J connectivity index is 1.75. The molecule has 1 unspecified atom stereocenters. The van der Waals surface area contributed by atoms with Crippen molar-refractivity contribution in [3.8, 4) is 0 Å². The molecule has 2 aromatic rings. The molecule has 1 saturated heterocycles. The summed E-state index contributed by atoms with van der Waals surface area (Å²) >= 11 is 0. The molecule has 6 heteroatoms. The molecule has 0 bridgehead atoms. The molecule has 1 aromatic carbocycles. The zero-order valence-electron chi connectivity index (χ0n) is 13.6. The van der Waals surface area contributed by atoms with Gasteiger partial charge in [0, 0.05) is 25.3 Å². The van der Waals surface area contributed by atoms with Gasteiger partial charge in [0.2, 0.25) is 0 Å². The molecule has 23 heavy (non-hydrogen) atoms. The number of sulfone groups is 1. The fourth-order valence-corrected chi connectivity index (χ4v) is 4.23. The van der Waals surface area contributed by atoms with Crippen molar-refractivity contribution in [3.05, 3.63) is 47.3 Å². The Morgan fingerprint density at radius 1 is 1.39 bits per heavy atom. The number of hydrogen-bond donors (Lipinski definition) is 1. The minimum atomic E-state index is -3.23. The molecule has 124 valence electrons. The average molecular weight is 333 g/mol. The number of likely N-dealkylation sites (tertiary alicyclic amines) is 1. The summed E-state index contributed by atoms with van der Waals surface area (Å²) in [5.74, 6) is 0.195. The fourth-order valence-electron chi connectivity index (χ4n) is 3.38. The summed E-state index contributed by atoms with van der Waals surface area (Å²) in [5, 5.41) is 6.88. The first-order chi connectivity index (χ1) is 10.9. The lowest BCUT2D eigenvalue weighted by Crippen LogP contribution is -2.34. The normalized spacial score (nSPS) is 19.8. The highest BCUT2D eigenvalue weighted by Gasteiger charge is 2.27. The molecule has 0 saturated carbocycles. The van der Waals surface area contributed by atoms with Crippen molar-refractivity contribution in [1.82, 2.24) is 15.1 Å². The number of aromatic amines is 1. The Hall–Kier alpha value is -1.66. The third kappa shape index (κ3) is 3.82. The van der Waals surface area contributed by atoms with Crippen LogP contribution < -0.4 is 0 Å². The van der Waals surface area contributed by atoms with E-state index in [-0.39, 0.29) is 5.92 Å². The van der Waals surface area contributed by atoms with Gasteiger partial charge in [-0.15, -0.1) is 0 Å². The lowest BCUT2D eigenvalue weighted by Gasteiger charge is -2.32. The van der Waals surface area contributed by atoms with Gasteiger partial charge in [-0.2, -0.15) is 5.10 Å². The molecule has 1 aromatic heterocycles. The Morgan fingerprint density at radius 2 is 2.22 bits per heavy atom. The van der Waals surface area contributed by atoms with Gasteiger partial charge in [-0.05, 0) is 31.9 Å². The molecule has 0 radical (unpaired) electrons. The number of aryl methyl sites for hydroxylation is 1. The standard InChI is InChI=1S/C17H23N3O2S/c1-13-5-3-6-14(9-13)11-20-8-4-7-15(12-20)17-16(10-18-19-17)23(2,21)22/h3,5-6,9-10,15H,4,7-8,11-12H2,1-2H3,(H,18,19). The Morgan fingerprint density at radius 3 is 2.96 bits per heavy atom. The minimum Gasteiger partial charge on any atom is -0.298 e. The largest absolute Gasteiger partial charge is 0.298 e. The number of rotatable bonds is 4. The molecule has 1 atom stereocenters. The second-order valence-corrected chi connectivity index (χ2v) is 8.47. The highest BCUT2D eigenvalue weighted by atomic mass is 32.2. The van der Waals surface area contributed by atoms with E-state index in [1.807, 2.05) is 0 Å². The maximum Gasteiger partial charge on any atom is 0.178 e. The Bertz CT molecular complexity index is 783. The molecule has 5 nitrogen and oxygen atoms in total. The summed E-state index contributed by atoms with van der Waals surface area (Å²) < 4.78 is 23.8. The molecule has 2 heterocycles. The third-order valence-electron chi connectivity index (χ3n) is 4.43. The van der Waals surface area contributed by atoms with Gasteiger partial charge in [0.1, 0.15) is 4.90 Å². The Labute approximate surface area is 137 Å². The van der Waals surface area contributed by atoms with Crippen molar-refractivity contribution >= 4 is 9.84 Å². The van der Waals surface area contributed by atoms with E-state index in [1.54, 1.807) is 0 Å². The number of benzene rings is 1. The summed E-state index contributed by atoms with van der Waals surface area (Å²) in [5.41, 5.74) is 3.34. The van der Waals surface area contributed by atoms with Gasteiger partial charge in [0.05, 0.1) is 11.9 Å². The van der Waals surface area contributed by atoms with Crippen LogP contribution in [0.15, 0.2) is 35.4 Å². The number of H-pyrrole nitrogens is 1. The predicted octanol–water partition coefficient (Wildman–Crippen LogP) is 2.50. The summed E-state index contributed by atoms with van der Waals surface area (Å²) in [4.78, 5) is 2.75. The second-order valence-electron chi connectivity index (χ2n) is 6.48.